The minimum atomic E-state index is -0.0512. The van der Waals surface area contributed by atoms with Gasteiger partial charge < -0.3 is 5.32 Å². The first kappa shape index (κ1) is 18.4. The third kappa shape index (κ3) is 4.14. The van der Waals surface area contributed by atoms with Crippen LogP contribution in [0, 0.1) is 6.92 Å². The van der Waals surface area contributed by atoms with E-state index in [2.05, 4.69) is 27.4 Å². The van der Waals surface area contributed by atoms with Gasteiger partial charge in [0.05, 0.1) is 0 Å². The van der Waals surface area contributed by atoms with Gasteiger partial charge in [0.2, 0.25) is 0 Å². The van der Waals surface area contributed by atoms with Crippen LogP contribution in [-0.4, -0.2) is 20.4 Å². The number of imidazole rings is 1. The minimum Gasteiger partial charge on any atom is -0.348 e. The molecule has 1 aliphatic rings. The zero-order chi connectivity index (χ0) is 19.3. The first-order valence-corrected chi connectivity index (χ1v) is 10.0. The molecule has 28 heavy (non-hydrogen) atoms. The lowest BCUT2D eigenvalue weighted by Crippen LogP contribution is -2.23. The van der Waals surface area contributed by atoms with Crippen molar-refractivity contribution in [3.8, 4) is 5.82 Å². The van der Waals surface area contributed by atoms with E-state index in [0.717, 1.165) is 17.2 Å². The van der Waals surface area contributed by atoms with Gasteiger partial charge in [-0.1, -0.05) is 37.5 Å². The zero-order valence-electron chi connectivity index (χ0n) is 16.3. The van der Waals surface area contributed by atoms with Crippen LogP contribution in [0.2, 0.25) is 0 Å². The molecule has 0 aliphatic heterocycles. The third-order valence-electron chi connectivity index (χ3n) is 5.58. The summed E-state index contributed by atoms with van der Waals surface area (Å²) in [5, 5.41) is 2.98. The number of amides is 1. The largest absolute Gasteiger partial charge is 0.348 e. The molecule has 3 aromatic rings. The fourth-order valence-corrected chi connectivity index (χ4v) is 3.91. The van der Waals surface area contributed by atoms with E-state index in [1.807, 2.05) is 42.0 Å². The number of carbonyl (C=O) groups is 1. The maximum absolute atomic E-state index is 12.5. The van der Waals surface area contributed by atoms with Crippen LogP contribution in [0.3, 0.4) is 0 Å². The van der Waals surface area contributed by atoms with Gasteiger partial charge in [0.1, 0.15) is 11.6 Å². The highest BCUT2D eigenvalue weighted by Gasteiger charge is 2.16. The van der Waals surface area contributed by atoms with Crippen LogP contribution in [0.5, 0.6) is 0 Å². The molecule has 4 rings (SSSR count). The van der Waals surface area contributed by atoms with Gasteiger partial charge in [-0.2, -0.15) is 0 Å². The number of carbonyl (C=O) groups excluding carboxylic acids is 1. The Kier molecular flexibility index (Phi) is 5.51. The van der Waals surface area contributed by atoms with Gasteiger partial charge in [-0.05, 0) is 55.0 Å². The predicted molar refractivity (Wildman–Crippen MR) is 110 cm³/mol. The molecule has 0 radical (unpaired) electrons. The maximum atomic E-state index is 12.5. The molecular weight excluding hydrogens is 348 g/mol. The monoisotopic (exact) mass is 374 g/mol. The molecule has 0 unspecified atom stereocenters. The fraction of sp³-hybridized carbons (Fsp3) is 0.348. The third-order valence-corrected chi connectivity index (χ3v) is 5.58. The van der Waals surface area contributed by atoms with Crippen LogP contribution in [-0.2, 0) is 6.54 Å². The molecule has 2 aromatic heterocycles. The number of nitrogens with one attached hydrogen (secondary N) is 1. The van der Waals surface area contributed by atoms with Gasteiger partial charge in [-0.15, -0.1) is 0 Å². The number of rotatable bonds is 5. The molecule has 0 atom stereocenters. The van der Waals surface area contributed by atoms with E-state index < -0.39 is 0 Å². The zero-order valence-corrected chi connectivity index (χ0v) is 16.3. The Morgan fingerprint density at radius 1 is 1.07 bits per heavy atom. The van der Waals surface area contributed by atoms with Crippen molar-refractivity contribution in [2.45, 2.75) is 51.5 Å². The van der Waals surface area contributed by atoms with Crippen LogP contribution < -0.4 is 5.32 Å². The summed E-state index contributed by atoms with van der Waals surface area (Å²) < 4.78 is 1.93. The summed E-state index contributed by atoms with van der Waals surface area (Å²) in [6, 6.07) is 12.1. The summed E-state index contributed by atoms with van der Waals surface area (Å²) in [6.07, 6.45) is 12.0. The normalized spacial score (nSPS) is 14.8. The first-order chi connectivity index (χ1) is 13.7. The van der Waals surface area contributed by atoms with Crippen LogP contribution in [0.15, 0.2) is 55.0 Å². The topological polar surface area (TPSA) is 59.8 Å². The first-order valence-electron chi connectivity index (χ1n) is 10.0. The van der Waals surface area contributed by atoms with Crippen molar-refractivity contribution in [2.75, 3.05) is 0 Å². The Morgan fingerprint density at radius 2 is 1.86 bits per heavy atom. The number of hydrogen-bond donors (Lipinski definition) is 1. The molecule has 1 amide bonds. The molecule has 5 heteroatoms. The molecule has 0 bridgehead atoms. The van der Waals surface area contributed by atoms with Gasteiger partial charge >= 0.3 is 0 Å². The van der Waals surface area contributed by atoms with E-state index in [0.29, 0.717) is 18.0 Å². The van der Waals surface area contributed by atoms with Crippen molar-refractivity contribution in [3.63, 3.8) is 0 Å². The number of aromatic nitrogens is 3. The van der Waals surface area contributed by atoms with Gasteiger partial charge in [0, 0.05) is 30.7 Å². The molecule has 0 saturated heterocycles. The number of benzene rings is 1. The van der Waals surface area contributed by atoms with E-state index in [-0.39, 0.29) is 5.91 Å². The van der Waals surface area contributed by atoms with Crippen molar-refractivity contribution in [1.82, 2.24) is 19.9 Å². The number of pyridine rings is 1. The van der Waals surface area contributed by atoms with Crippen LogP contribution >= 0.6 is 0 Å². The highest BCUT2D eigenvalue weighted by Crippen LogP contribution is 2.32. The minimum absolute atomic E-state index is 0.0512. The van der Waals surface area contributed by atoms with E-state index in [1.54, 1.807) is 12.4 Å². The average molecular weight is 374 g/mol. The lowest BCUT2D eigenvalue weighted by molar-refractivity contribution is 0.0951. The van der Waals surface area contributed by atoms with Crippen molar-refractivity contribution >= 4 is 5.91 Å². The van der Waals surface area contributed by atoms with E-state index in [9.17, 15) is 4.79 Å². The molecular formula is C23H26N4O. The molecule has 1 fully saturated rings. The second kappa shape index (κ2) is 8.38. The predicted octanol–water partition coefficient (Wildman–Crippen LogP) is 4.55. The molecule has 1 saturated carbocycles. The number of aryl methyl sites for hydroxylation is 1. The standard InChI is InChI=1S/C23H26N4O/c1-17-24-13-14-27(17)22-12-7-18(15-25-22)16-26-23(28)21-10-8-20(9-11-21)19-5-3-2-4-6-19/h7-15,19H,2-6,16H2,1H3,(H,26,28). The Morgan fingerprint density at radius 3 is 2.50 bits per heavy atom. The summed E-state index contributed by atoms with van der Waals surface area (Å²) >= 11 is 0. The highest BCUT2D eigenvalue weighted by molar-refractivity contribution is 5.94. The molecule has 1 aliphatic carbocycles. The Hall–Kier alpha value is -2.95. The molecule has 2 heterocycles. The van der Waals surface area contributed by atoms with Gasteiger partial charge in [-0.3, -0.25) is 9.36 Å². The number of nitrogens with zero attached hydrogens (tertiary/aromatic N) is 3. The van der Waals surface area contributed by atoms with Gasteiger partial charge in [-0.25, -0.2) is 9.97 Å². The van der Waals surface area contributed by atoms with Gasteiger partial charge in [0.15, 0.2) is 0 Å². The van der Waals surface area contributed by atoms with Gasteiger partial charge in [0.25, 0.3) is 5.91 Å². The highest BCUT2D eigenvalue weighted by atomic mass is 16.1. The summed E-state index contributed by atoms with van der Waals surface area (Å²) in [7, 11) is 0. The molecule has 1 N–H and O–H groups in total. The lowest BCUT2D eigenvalue weighted by atomic mass is 9.84. The number of hydrogen-bond acceptors (Lipinski definition) is 3. The van der Waals surface area contributed by atoms with Crippen molar-refractivity contribution in [2.24, 2.45) is 0 Å². The molecule has 5 nitrogen and oxygen atoms in total. The average Bonchev–Trinajstić information content (AvgIpc) is 3.19. The quantitative estimate of drug-likeness (QED) is 0.712. The smallest absolute Gasteiger partial charge is 0.251 e. The Labute approximate surface area is 165 Å². The summed E-state index contributed by atoms with van der Waals surface area (Å²) in [5.74, 6) is 2.33. The Bertz CT molecular complexity index is 922. The summed E-state index contributed by atoms with van der Waals surface area (Å²) in [5.41, 5.74) is 3.04. The lowest BCUT2D eigenvalue weighted by Gasteiger charge is -2.22. The maximum Gasteiger partial charge on any atom is 0.251 e. The molecule has 0 spiro atoms. The summed E-state index contributed by atoms with van der Waals surface area (Å²) in [4.78, 5) is 21.1. The molecule has 144 valence electrons. The summed E-state index contributed by atoms with van der Waals surface area (Å²) in [6.45, 7) is 2.40. The van der Waals surface area contributed by atoms with E-state index in [4.69, 9.17) is 0 Å². The second-order valence-electron chi connectivity index (χ2n) is 7.51. The van der Waals surface area contributed by atoms with E-state index in [1.165, 1.54) is 37.7 Å². The van der Waals surface area contributed by atoms with Crippen molar-refractivity contribution < 1.29 is 4.79 Å². The van der Waals surface area contributed by atoms with Crippen LogP contribution in [0.4, 0.5) is 0 Å². The SMILES string of the molecule is Cc1nccn1-c1ccc(CNC(=O)c2ccc(C3CCCCC3)cc2)cn1. The van der Waals surface area contributed by atoms with Crippen LogP contribution in [0.1, 0.15) is 65.3 Å². The fourth-order valence-electron chi connectivity index (χ4n) is 3.91. The van der Waals surface area contributed by atoms with Crippen molar-refractivity contribution in [3.05, 3.63) is 77.5 Å². The second-order valence-corrected chi connectivity index (χ2v) is 7.51. The van der Waals surface area contributed by atoms with E-state index >= 15 is 0 Å². The molecule has 1 aromatic carbocycles. The van der Waals surface area contributed by atoms with Crippen molar-refractivity contribution in [1.29, 1.82) is 0 Å². The Balaban J connectivity index is 1.34. The van der Waals surface area contributed by atoms with Crippen LogP contribution in [0.25, 0.3) is 5.82 Å².